The lowest BCUT2D eigenvalue weighted by atomic mass is 10.0. The number of methoxy groups -OCH3 is 3. The zero-order valence-corrected chi connectivity index (χ0v) is 24.5. The highest BCUT2D eigenvalue weighted by Gasteiger charge is 2.35. The van der Waals surface area contributed by atoms with Gasteiger partial charge in [-0.2, -0.15) is 0 Å². The number of nitrogens with zero attached hydrogens (tertiary/aromatic N) is 4. The predicted molar refractivity (Wildman–Crippen MR) is 163 cm³/mol. The Hall–Kier alpha value is -5.38. The summed E-state index contributed by atoms with van der Waals surface area (Å²) in [5, 5.41) is 11.4. The molecule has 0 saturated heterocycles. The number of aromatic nitrogens is 3. The number of carbonyl (C=O) groups is 2. The van der Waals surface area contributed by atoms with E-state index in [1.54, 1.807) is 12.1 Å². The van der Waals surface area contributed by atoms with Crippen LogP contribution in [0.25, 0.3) is 11.0 Å². The molecule has 220 valence electrons. The molecule has 0 fully saturated rings. The van der Waals surface area contributed by atoms with Gasteiger partial charge in [-0.15, -0.1) is 5.10 Å². The Morgan fingerprint density at radius 2 is 1.51 bits per heavy atom. The number of aryl methyl sites for hydroxylation is 1. The van der Waals surface area contributed by atoms with Crippen LogP contribution in [0.4, 0.5) is 5.69 Å². The van der Waals surface area contributed by atoms with E-state index in [9.17, 15) is 9.59 Å². The lowest BCUT2D eigenvalue weighted by molar-refractivity contribution is -0.127. The van der Waals surface area contributed by atoms with Gasteiger partial charge in [0.1, 0.15) is 18.1 Å². The van der Waals surface area contributed by atoms with Crippen molar-refractivity contribution in [2.75, 3.05) is 26.2 Å². The topological polar surface area (TPSA) is 108 Å². The Labute approximate surface area is 249 Å². The first-order valence-corrected chi connectivity index (χ1v) is 13.7. The number of ether oxygens (including phenoxy) is 3. The summed E-state index contributed by atoms with van der Waals surface area (Å²) < 4.78 is 18.3. The fraction of sp³-hybridized carbons (Fsp3) is 0.212. The van der Waals surface area contributed by atoms with Gasteiger partial charge in [-0.05, 0) is 54.4 Å². The first-order valence-electron chi connectivity index (χ1n) is 13.7. The van der Waals surface area contributed by atoms with E-state index >= 15 is 0 Å². The van der Waals surface area contributed by atoms with Crippen molar-refractivity contribution in [3.8, 4) is 17.2 Å². The third kappa shape index (κ3) is 6.28. The maximum atomic E-state index is 14.3. The smallest absolute Gasteiger partial charge is 0.249 e. The second-order valence-corrected chi connectivity index (χ2v) is 9.90. The first-order chi connectivity index (χ1) is 20.9. The van der Waals surface area contributed by atoms with E-state index in [1.807, 2.05) is 85.8 Å². The molecular weight excluding hydrogens is 546 g/mol. The molecule has 0 aliphatic carbocycles. The molecule has 4 aromatic carbocycles. The number of hydrogen-bond acceptors (Lipinski definition) is 7. The van der Waals surface area contributed by atoms with Gasteiger partial charge in [0.05, 0.1) is 26.8 Å². The second-order valence-electron chi connectivity index (χ2n) is 9.90. The fourth-order valence-corrected chi connectivity index (χ4v) is 4.94. The monoisotopic (exact) mass is 579 g/mol. The average molecular weight is 580 g/mol. The van der Waals surface area contributed by atoms with Crippen LogP contribution >= 0.6 is 0 Å². The van der Waals surface area contributed by atoms with Crippen LogP contribution in [-0.4, -0.2) is 48.1 Å². The van der Waals surface area contributed by atoms with Gasteiger partial charge < -0.3 is 19.5 Å². The van der Waals surface area contributed by atoms with E-state index in [2.05, 4.69) is 15.6 Å². The number of amides is 2. The molecule has 1 N–H and O–H groups in total. The van der Waals surface area contributed by atoms with Crippen molar-refractivity contribution >= 4 is 28.5 Å². The van der Waals surface area contributed by atoms with Crippen molar-refractivity contribution in [3.05, 3.63) is 108 Å². The van der Waals surface area contributed by atoms with Crippen molar-refractivity contribution in [1.29, 1.82) is 0 Å². The van der Waals surface area contributed by atoms with Crippen LogP contribution in [0.5, 0.6) is 17.2 Å². The fourth-order valence-electron chi connectivity index (χ4n) is 4.94. The maximum Gasteiger partial charge on any atom is 0.249 e. The average Bonchev–Trinajstić information content (AvgIpc) is 3.45. The predicted octanol–water partition coefficient (Wildman–Crippen LogP) is 4.86. The Kier molecular flexibility index (Phi) is 8.85. The Morgan fingerprint density at radius 1 is 0.860 bits per heavy atom. The highest BCUT2D eigenvalue weighted by molar-refractivity contribution is 6.01. The van der Waals surface area contributed by atoms with Crippen LogP contribution in [0.1, 0.15) is 22.7 Å². The summed E-state index contributed by atoms with van der Waals surface area (Å²) in [6.07, 6.45) is 0. The lowest BCUT2D eigenvalue weighted by Gasteiger charge is -2.32. The number of para-hydroxylation sites is 1. The van der Waals surface area contributed by atoms with Gasteiger partial charge in [-0.3, -0.25) is 14.5 Å². The quantitative estimate of drug-likeness (QED) is 0.238. The van der Waals surface area contributed by atoms with E-state index in [0.29, 0.717) is 39.5 Å². The molecule has 0 bridgehead atoms. The third-order valence-electron chi connectivity index (χ3n) is 7.11. The van der Waals surface area contributed by atoms with Crippen LogP contribution in [0.15, 0.2) is 91.0 Å². The van der Waals surface area contributed by atoms with Crippen molar-refractivity contribution in [2.24, 2.45) is 0 Å². The van der Waals surface area contributed by atoms with Crippen molar-refractivity contribution < 1.29 is 23.8 Å². The normalized spacial score (nSPS) is 11.5. The lowest BCUT2D eigenvalue weighted by Crippen LogP contribution is -2.45. The highest BCUT2D eigenvalue weighted by Crippen LogP contribution is 2.41. The Balaban J connectivity index is 1.63. The number of nitrogens with one attached hydrogen (secondary N) is 1. The summed E-state index contributed by atoms with van der Waals surface area (Å²) in [6.45, 7) is 2.08. The van der Waals surface area contributed by atoms with Gasteiger partial charge in [0, 0.05) is 12.2 Å². The summed E-state index contributed by atoms with van der Waals surface area (Å²) in [4.78, 5) is 30.0. The number of fused-ring (bicyclic) bond motifs is 1. The zero-order valence-electron chi connectivity index (χ0n) is 24.5. The SMILES string of the molecule is COc1cc([C@@H](C(=O)NCc2ccccc2)N(C(=O)Cn2nnc3ccccc32)c2ccc(C)cc2)cc(OC)c1OC. The van der Waals surface area contributed by atoms with Gasteiger partial charge in [0.25, 0.3) is 0 Å². The molecule has 0 aliphatic rings. The number of carbonyl (C=O) groups excluding carboxylic acids is 2. The molecule has 1 atom stereocenters. The molecule has 10 nitrogen and oxygen atoms in total. The van der Waals surface area contributed by atoms with E-state index in [1.165, 1.54) is 30.9 Å². The molecule has 1 aromatic heterocycles. The minimum atomic E-state index is -1.11. The number of anilines is 1. The van der Waals surface area contributed by atoms with E-state index in [0.717, 1.165) is 11.1 Å². The summed E-state index contributed by atoms with van der Waals surface area (Å²) >= 11 is 0. The molecule has 0 saturated carbocycles. The van der Waals surface area contributed by atoms with Crippen molar-refractivity contribution in [2.45, 2.75) is 26.1 Å². The van der Waals surface area contributed by atoms with Crippen LogP contribution in [0.2, 0.25) is 0 Å². The van der Waals surface area contributed by atoms with E-state index < -0.39 is 11.9 Å². The minimum absolute atomic E-state index is 0.152. The van der Waals surface area contributed by atoms with Crippen LogP contribution < -0.4 is 24.4 Å². The van der Waals surface area contributed by atoms with Crippen LogP contribution in [-0.2, 0) is 22.7 Å². The molecule has 0 unspecified atom stereocenters. The van der Waals surface area contributed by atoms with E-state index in [4.69, 9.17) is 14.2 Å². The molecule has 2 amide bonds. The molecule has 0 radical (unpaired) electrons. The van der Waals surface area contributed by atoms with E-state index in [-0.39, 0.29) is 19.0 Å². The van der Waals surface area contributed by atoms with Gasteiger partial charge >= 0.3 is 0 Å². The summed E-state index contributed by atoms with van der Waals surface area (Å²) in [5.41, 5.74) is 4.31. The van der Waals surface area contributed by atoms with Crippen LogP contribution in [0, 0.1) is 6.92 Å². The number of rotatable bonds is 11. The third-order valence-corrected chi connectivity index (χ3v) is 7.11. The largest absolute Gasteiger partial charge is 0.493 e. The van der Waals surface area contributed by atoms with Gasteiger partial charge in [-0.1, -0.05) is 65.4 Å². The van der Waals surface area contributed by atoms with Gasteiger partial charge in [0.2, 0.25) is 17.6 Å². The summed E-state index contributed by atoms with van der Waals surface area (Å²) in [6, 6.07) is 26.7. The van der Waals surface area contributed by atoms with Crippen molar-refractivity contribution in [3.63, 3.8) is 0 Å². The molecule has 1 heterocycles. The molecule has 43 heavy (non-hydrogen) atoms. The first kappa shape index (κ1) is 29.1. The van der Waals surface area contributed by atoms with Crippen LogP contribution in [0.3, 0.4) is 0 Å². The molecule has 5 rings (SSSR count). The number of benzene rings is 4. The molecule has 0 aliphatic heterocycles. The maximum absolute atomic E-state index is 14.3. The molecular formula is C33H33N5O5. The molecule has 10 heteroatoms. The molecule has 5 aromatic rings. The summed E-state index contributed by atoms with van der Waals surface area (Å²) in [5.74, 6) is 0.329. The zero-order chi connectivity index (χ0) is 30.3. The molecule has 0 spiro atoms. The van der Waals surface area contributed by atoms with Crippen molar-refractivity contribution in [1.82, 2.24) is 20.3 Å². The Bertz CT molecular complexity index is 1690. The number of hydrogen-bond donors (Lipinski definition) is 1. The minimum Gasteiger partial charge on any atom is -0.493 e. The standard InChI is InChI=1S/C33H33N5O5/c1-22-14-16-25(17-15-22)38(30(39)21-37-27-13-9-8-12-26(27)35-36-37)31(33(40)34-20-23-10-6-5-7-11-23)24-18-28(41-2)32(43-4)29(19-24)42-3/h5-19,31H,20-21H2,1-4H3,(H,34,40)/t31-/m0/s1. The van der Waals surface area contributed by atoms with Gasteiger partial charge in [0.15, 0.2) is 11.5 Å². The van der Waals surface area contributed by atoms with Gasteiger partial charge in [-0.25, -0.2) is 4.68 Å². The second kappa shape index (κ2) is 13.1. The Morgan fingerprint density at radius 3 is 2.16 bits per heavy atom. The highest BCUT2D eigenvalue weighted by atomic mass is 16.5. The summed E-state index contributed by atoms with van der Waals surface area (Å²) in [7, 11) is 4.52.